The van der Waals surface area contributed by atoms with Gasteiger partial charge in [-0.3, -0.25) is 0 Å². The van der Waals surface area contributed by atoms with Gasteiger partial charge in [0.05, 0.1) is 6.61 Å². The second kappa shape index (κ2) is 7.10. The van der Waals surface area contributed by atoms with Crippen LogP contribution in [0.4, 0.5) is 8.78 Å². The number of rotatable bonds is 7. The summed E-state index contributed by atoms with van der Waals surface area (Å²) in [4.78, 5) is -0.773. The third kappa shape index (κ3) is 4.22. The van der Waals surface area contributed by atoms with E-state index in [0.717, 1.165) is 25.0 Å². The molecule has 1 rings (SSSR count). The van der Waals surface area contributed by atoms with Gasteiger partial charge in [-0.2, -0.15) is 0 Å². The van der Waals surface area contributed by atoms with Crippen molar-refractivity contribution in [2.45, 2.75) is 50.7 Å². The number of hydrogen-bond acceptors (Lipinski definition) is 3. The Morgan fingerprint density at radius 1 is 1.35 bits per heavy atom. The lowest BCUT2D eigenvalue weighted by Gasteiger charge is -2.15. The fraction of sp³-hybridized carbons (Fsp3) is 0.538. The summed E-state index contributed by atoms with van der Waals surface area (Å²) in [6.45, 7) is 3.07. The van der Waals surface area contributed by atoms with E-state index < -0.39 is 33.2 Å². The minimum absolute atomic E-state index is 0.00508. The van der Waals surface area contributed by atoms with Crippen molar-refractivity contribution in [1.29, 1.82) is 0 Å². The van der Waals surface area contributed by atoms with Crippen molar-refractivity contribution in [3.8, 4) is 0 Å². The molecule has 0 radical (unpaired) electrons. The van der Waals surface area contributed by atoms with Crippen molar-refractivity contribution in [1.82, 2.24) is 4.72 Å². The van der Waals surface area contributed by atoms with Gasteiger partial charge in [0, 0.05) is 6.04 Å². The van der Waals surface area contributed by atoms with Gasteiger partial charge in [-0.05, 0) is 31.0 Å². The number of sulfonamides is 1. The molecule has 4 nitrogen and oxygen atoms in total. The molecule has 1 unspecified atom stereocenters. The maximum Gasteiger partial charge on any atom is 0.243 e. The molecule has 0 saturated carbocycles. The summed E-state index contributed by atoms with van der Waals surface area (Å²) < 4.78 is 53.4. The van der Waals surface area contributed by atoms with E-state index in [2.05, 4.69) is 4.72 Å². The lowest BCUT2D eigenvalue weighted by atomic mass is 10.2. The minimum atomic E-state index is -4.15. The Morgan fingerprint density at radius 3 is 2.55 bits per heavy atom. The molecule has 1 atom stereocenters. The first-order valence-corrected chi connectivity index (χ1v) is 7.91. The zero-order valence-electron chi connectivity index (χ0n) is 11.5. The molecule has 0 heterocycles. The average molecular weight is 307 g/mol. The fourth-order valence-electron chi connectivity index (χ4n) is 1.80. The molecule has 7 heteroatoms. The van der Waals surface area contributed by atoms with E-state index >= 15 is 0 Å². The van der Waals surface area contributed by atoms with Gasteiger partial charge in [-0.25, -0.2) is 21.9 Å². The highest BCUT2D eigenvalue weighted by atomic mass is 32.2. The first-order valence-electron chi connectivity index (χ1n) is 6.43. The lowest BCUT2D eigenvalue weighted by Crippen LogP contribution is -2.33. The number of unbranched alkanes of at least 4 members (excludes halogenated alkanes) is 1. The molecule has 114 valence electrons. The molecule has 0 aromatic heterocycles. The summed E-state index contributed by atoms with van der Waals surface area (Å²) in [5, 5.41) is 8.94. The fourth-order valence-corrected chi connectivity index (χ4v) is 3.22. The van der Waals surface area contributed by atoms with Gasteiger partial charge in [0.2, 0.25) is 10.0 Å². The monoisotopic (exact) mass is 307 g/mol. The zero-order chi connectivity index (χ0) is 15.3. The molecule has 0 aliphatic carbocycles. The van der Waals surface area contributed by atoms with Crippen molar-refractivity contribution in [2.24, 2.45) is 0 Å². The zero-order valence-corrected chi connectivity index (χ0v) is 12.3. The Morgan fingerprint density at radius 2 is 2.00 bits per heavy atom. The maximum atomic E-state index is 13.6. The molecular weight excluding hydrogens is 288 g/mol. The third-order valence-corrected chi connectivity index (χ3v) is 4.46. The number of hydrogen-bond donors (Lipinski definition) is 2. The summed E-state index contributed by atoms with van der Waals surface area (Å²) >= 11 is 0. The third-order valence-electron chi connectivity index (χ3n) is 2.87. The number of benzene rings is 1. The number of nitrogens with one attached hydrogen (secondary N) is 1. The summed E-state index contributed by atoms with van der Waals surface area (Å²) in [6.07, 6.45) is 2.35. The molecule has 1 aromatic carbocycles. The van der Waals surface area contributed by atoms with Crippen LogP contribution >= 0.6 is 0 Å². The standard InChI is InChI=1S/C13H19F2NO3S/c1-3-4-5-9(2)16-20(18,19)12-7-10(8-17)6-11(14)13(12)15/h6-7,9,16-17H,3-5,8H2,1-2H3. The van der Waals surface area contributed by atoms with E-state index in [1.807, 2.05) is 6.92 Å². The smallest absolute Gasteiger partial charge is 0.243 e. The molecule has 0 saturated heterocycles. The predicted molar refractivity (Wildman–Crippen MR) is 71.6 cm³/mol. The van der Waals surface area contributed by atoms with Crippen molar-refractivity contribution in [3.05, 3.63) is 29.3 Å². The van der Waals surface area contributed by atoms with Crippen LogP contribution in [0.15, 0.2) is 17.0 Å². The van der Waals surface area contributed by atoms with Crippen LogP contribution in [-0.4, -0.2) is 19.6 Å². The Hall–Kier alpha value is -1.05. The summed E-state index contributed by atoms with van der Waals surface area (Å²) in [5.41, 5.74) is 0.00508. The summed E-state index contributed by atoms with van der Waals surface area (Å²) in [7, 11) is -4.15. The second-order valence-corrected chi connectivity index (χ2v) is 6.39. The van der Waals surface area contributed by atoms with Crippen LogP contribution < -0.4 is 4.72 Å². The van der Waals surface area contributed by atoms with E-state index in [0.29, 0.717) is 6.42 Å². The van der Waals surface area contributed by atoms with Crippen molar-refractivity contribution in [2.75, 3.05) is 0 Å². The lowest BCUT2D eigenvalue weighted by molar-refractivity contribution is 0.280. The molecule has 0 bridgehead atoms. The van der Waals surface area contributed by atoms with Crippen molar-refractivity contribution in [3.63, 3.8) is 0 Å². The number of aliphatic hydroxyl groups excluding tert-OH is 1. The highest BCUT2D eigenvalue weighted by molar-refractivity contribution is 7.89. The van der Waals surface area contributed by atoms with Crippen LogP contribution in [0, 0.1) is 11.6 Å². The SMILES string of the molecule is CCCCC(C)NS(=O)(=O)c1cc(CO)cc(F)c1F. The molecule has 0 amide bonds. The Kier molecular flexibility index (Phi) is 6.04. The van der Waals surface area contributed by atoms with E-state index in [-0.39, 0.29) is 11.6 Å². The minimum Gasteiger partial charge on any atom is -0.392 e. The van der Waals surface area contributed by atoms with Gasteiger partial charge in [-0.15, -0.1) is 0 Å². The van der Waals surface area contributed by atoms with Gasteiger partial charge in [0.1, 0.15) is 4.90 Å². The van der Waals surface area contributed by atoms with Crippen LogP contribution in [0.2, 0.25) is 0 Å². The maximum absolute atomic E-state index is 13.6. The van der Waals surface area contributed by atoms with E-state index in [9.17, 15) is 17.2 Å². The van der Waals surface area contributed by atoms with Crippen LogP contribution in [0.1, 0.15) is 38.7 Å². The summed E-state index contributed by atoms with van der Waals surface area (Å²) in [5.74, 6) is -2.73. The molecular formula is C13H19F2NO3S. The Balaban J connectivity index is 3.06. The van der Waals surface area contributed by atoms with Gasteiger partial charge in [0.15, 0.2) is 11.6 Å². The molecule has 20 heavy (non-hydrogen) atoms. The van der Waals surface area contributed by atoms with E-state index in [1.54, 1.807) is 6.92 Å². The average Bonchev–Trinajstić information content (AvgIpc) is 2.38. The topological polar surface area (TPSA) is 66.4 Å². The predicted octanol–water partition coefficient (Wildman–Crippen LogP) is 2.31. The molecule has 0 aliphatic heterocycles. The normalized spacial score (nSPS) is 13.4. The summed E-state index contributed by atoms with van der Waals surface area (Å²) in [6, 6.07) is 1.34. The van der Waals surface area contributed by atoms with Gasteiger partial charge < -0.3 is 5.11 Å². The van der Waals surface area contributed by atoms with E-state index in [4.69, 9.17) is 5.11 Å². The van der Waals surface area contributed by atoms with Gasteiger partial charge in [-0.1, -0.05) is 19.8 Å². The van der Waals surface area contributed by atoms with Crippen LogP contribution in [0.25, 0.3) is 0 Å². The Bertz CT molecular complexity index is 561. The quantitative estimate of drug-likeness (QED) is 0.812. The van der Waals surface area contributed by atoms with Gasteiger partial charge in [0.25, 0.3) is 0 Å². The largest absolute Gasteiger partial charge is 0.392 e. The first kappa shape index (κ1) is 17.0. The van der Waals surface area contributed by atoms with Crippen molar-refractivity contribution >= 4 is 10.0 Å². The second-order valence-electron chi connectivity index (χ2n) is 4.71. The molecule has 0 aliphatic rings. The molecule has 1 aromatic rings. The molecule has 2 N–H and O–H groups in total. The molecule has 0 fully saturated rings. The number of halogens is 2. The van der Waals surface area contributed by atoms with Crippen LogP contribution in [0.5, 0.6) is 0 Å². The highest BCUT2D eigenvalue weighted by Crippen LogP contribution is 2.20. The van der Waals surface area contributed by atoms with E-state index in [1.165, 1.54) is 0 Å². The van der Waals surface area contributed by atoms with Crippen molar-refractivity contribution < 1.29 is 22.3 Å². The Labute approximate surface area is 117 Å². The van der Waals surface area contributed by atoms with Crippen LogP contribution in [0.3, 0.4) is 0 Å². The first-order chi connectivity index (χ1) is 9.31. The highest BCUT2D eigenvalue weighted by Gasteiger charge is 2.24. The van der Waals surface area contributed by atoms with Gasteiger partial charge >= 0.3 is 0 Å². The van der Waals surface area contributed by atoms with Crippen LogP contribution in [-0.2, 0) is 16.6 Å². The molecule has 0 spiro atoms. The number of aliphatic hydroxyl groups is 1.